The molecule has 0 aromatic heterocycles. The van der Waals surface area contributed by atoms with Crippen LogP contribution >= 0.6 is 0 Å². The van der Waals surface area contributed by atoms with E-state index in [1.165, 1.54) is 4.90 Å². The van der Waals surface area contributed by atoms with Crippen molar-refractivity contribution in [2.45, 2.75) is 25.0 Å². The summed E-state index contributed by atoms with van der Waals surface area (Å²) in [4.78, 5) is 53.7. The number of likely N-dealkylation sites (N-methyl/N-ethyl adjacent to an activating group) is 1. The lowest BCUT2D eigenvalue weighted by molar-refractivity contribution is -0.131. The van der Waals surface area contributed by atoms with Crippen LogP contribution in [-0.2, 0) is 14.3 Å². The van der Waals surface area contributed by atoms with Crippen LogP contribution in [0.1, 0.15) is 23.2 Å². The third kappa shape index (κ3) is 3.22. The molecule has 3 fully saturated rings. The quantitative estimate of drug-likeness (QED) is 0.783. The fraction of sp³-hybridized carbons (Fsp3) is 0.474. The van der Waals surface area contributed by atoms with Crippen LogP contribution in [0, 0.1) is 0 Å². The van der Waals surface area contributed by atoms with Gasteiger partial charge in [0.2, 0.25) is 11.8 Å². The van der Waals surface area contributed by atoms with Crippen molar-refractivity contribution >= 4 is 29.4 Å². The lowest BCUT2D eigenvalue weighted by Crippen LogP contribution is -2.50. The van der Waals surface area contributed by atoms with E-state index in [0.29, 0.717) is 37.4 Å². The Balaban J connectivity index is 1.57. The summed E-state index contributed by atoms with van der Waals surface area (Å²) in [5.74, 6) is -0.538. The first kappa shape index (κ1) is 18.4. The lowest BCUT2D eigenvalue weighted by atomic mass is 10.1. The van der Waals surface area contributed by atoms with Gasteiger partial charge in [0.25, 0.3) is 5.91 Å². The van der Waals surface area contributed by atoms with E-state index in [4.69, 9.17) is 4.74 Å². The van der Waals surface area contributed by atoms with Crippen LogP contribution in [0.25, 0.3) is 0 Å². The highest BCUT2D eigenvalue weighted by Gasteiger charge is 2.42. The Hall–Kier alpha value is -2.94. The number of carbonyl (C=O) groups is 4. The van der Waals surface area contributed by atoms with Gasteiger partial charge >= 0.3 is 6.03 Å². The number of amides is 5. The Bertz CT molecular complexity index is 841. The number of ether oxygens (including phenoxy) is 1. The Kier molecular flexibility index (Phi) is 4.76. The van der Waals surface area contributed by atoms with E-state index in [-0.39, 0.29) is 42.8 Å². The van der Waals surface area contributed by atoms with E-state index in [9.17, 15) is 19.2 Å². The van der Waals surface area contributed by atoms with Gasteiger partial charge in [0.05, 0.1) is 36.4 Å². The summed E-state index contributed by atoms with van der Waals surface area (Å²) >= 11 is 0. The molecule has 3 saturated heterocycles. The molecule has 0 unspecified atom stereocenters. The number of nitrogens with one attached hydrogen (secondary N) is 1. The first-order valence-corrected chi connectivity index (χ1v) is 9.32. The summed E-state index contributed by atoms with van der Waals surface area (Å²) in [7, 11) is 1.74. The van der Waals surface area contributed by atoms with E-state index in [0.717, 1.165) is 0 Å². The van der Waals surface area contributed by atoms with Gasteiger partial charge in [-0.2, -0.15) is 0 Å². The van der Waals surface area contributed by atoms with E-state index in [2.05, 4.69) is 5.32 Å². The van der Waals surface area contributed by atoms with Crippen molar-refractivity contribution in [2.75, 3.05) is 38.2 Å². The number of fused-ring (bicyclic) bond motifs is 1. The normalized spacial score (nSPS) is 25.5. The molecule has 28 heavy (non-hydrogen) atoms. The van der Waals surface area contributed by atoms with Crippen LogP contribution in [0.5, 0.6) is 0 Å². The molecule has 0 aliphatic carbocycles. The number of para-hydroxylation sites is 1. The molecule has 148 valence electrons. The van der Waals surface area contributed by atoms with Gasteiger partial charge < -0.3 is 14.5 Å². The molecule has 3 heterocycles. The molecule has 9 nitrogen and oxygen atoms in total. The van der Waals surface area contributed by atoms with Crippen LogP contribution in [0.3, 0.4) is 0 Å². The average Bonchev–Trinajstić information content (AvgIpc) is 3.05. The molecule has 2 atom stereocenters. The van der Waals surface area contributed by atoms with Crippen molar-refractivity contribution in [3.63, 3.8) is 0 Å². The molecule has 5 amide bonds. The van der Waals surface area contributed by atoms with E-state index in [1.807, 2.05) is 0 Å². The van der Waals surface area contributed by atoms with Gasteiger partial charge in [-0.05, 0) is 12.1 Å². The standard InChI is InChI=1S/C19H22N4O5/c1-21-14-10-22(11-15(14)28-9-7-17(21)25)18(26)12-4-2-3-5-13(12)23-8-6-16(24)20-19(23)27/h2-5,14-15H,6-11H2,1H3,(H,20,24,27)/t14-,15-/m0/s1. The number of likely N-dealkylation sites (tertiary alicyclic amines) is 1. The number of hydrogen-bond donors (Lipinski definition) is 1. The SMILES string of the molecule is CN1C(=O)CCO[C@H]2CN(C(=O)c3ccccc3N3CCC(=O)NC3=O)C[C@@H]21. The zero-order chi connectivity index (χ0) is 19.8. The van der Waals surface area contributed by atoms with Gasteiger partial charge in [0.15, 0.2) is 0 Å². The maximum Gasteiger partial charge on any atom is 0.328 e. The van der Waals surface area contributed by atoms with Crippen LogP contribution in [0.2, 0.25) is 0 Å². The van der Waals surface area contributed by atoms with Crippen molar-refractivity contribution in [3.05, 3.63) is 29.8 Å². The third-order valence-corrected chi connectivity index (χ3v) is 5.54. The number of urea groups is 1. The maximum atomic E-state index is 13.2. The Morgan fingerprint density at radius 1 is 1.14 bits per heavy atom. The molecule has 1 N–H and O–H groups in total. The molecule has 0 spiro atoms. The first-order valence-electron chi connectivity index (χ1n) is 9.32. The number of anilines is 1. The third-order valence-electron chi connectivity index (χ3n) is 5.54. The van der Waals surface area contributed by atoms with Crippen molar-refractivity contribution < 1.29 is 23.9 Å². The number of nitrogens with zero attached hydrogens (tertiary/aromatic N) is 3. The molecule has 3 aliphatic rings. The topological polar surface area (TPSA) is 99.3 Å². The second-order valence-electron chi connectivity index (χ2n) is 7.21. The van der Waals surface area contributed by atoms with Crippen molar-refractivity contribution in [2.24, 2.45) is 0 Å². The summed E-state index contributed by atoms with van der Waals surface area (Å²) in [5, 5.41) is 2.28. The highest BCUT2D eigenvalue weighted by atomic mass is 16.5. The molecule has 0 radical (unpaired) electrons. The second kappa shape index (κ2) is 7.23. The smallest absolute Gasteiger partial charge is 0.328 e. The summed E-state index contributed by atoms with van der Waals surface area (Å²) in [6.45, 7) is 1.34. The number of imide groups is 1. The van der Waals surface area contributed by atoms with Crippen LogP contribution in [0.15, 0.2) is 24.3 Å². The monoisotopic (exact) mass is 386 g/mol. The molecule has 1 aromatic carbocycles. The van der Waals surface area contributed by atoms with Gasteiger partial charge in [-0.1, -0.05) is 12.1 Å². The highest BCUT2D eigenvalue weighted by Crippen LogP contribution is 2.28. The van der Waals surface area contributed by atoms with Crippen molar-refractivity contribution in [3.8, 4) is 0 Å². The predicted molar refractivity (Wildman–Crippen MR) is 98.8 cm³/mol. The van der Waals surface area contributed by atoms with Crippen molar-refractivity contribution in [1.29, 1.82) is 0 Å². The summed E-state index contributed by atoms with van der Waals surface area (Å²) in [6.07, 6.45) is 0.315. The molecule has 9 heteroatoms. The van der Waals surface area contributed by atoms with Gasteiger partial charge in [0.1, 0.15) is 0 Å². The number of carbonyl (C=O) groups excluding carboxylic acids is 4. The highest BCUT2D eigenvalue weighted by molar-refractivity contribution is 6.09. The van der Waals surface area contributed by atoms with E-state index >= 15 is 0 Å². The van der Waals surface area contributed by atoms with Crippen LogP contribution in [-0.4, -0.2) is 79.0 Å². The number of rotatable bonds is 2. The number of hydrogen-bond acceptors (Lipinski definition) is 5. The number of benzene rings is 1. The van der Waals surface area contributed by atoms with E-state index < -0.39 is 6.03 Å². The Morgan fingerprint density at radius 3 is 2.71 bits per heavy atom. The molecule has 0 saturated carbocycles. The maximum absolute atomic E-state index is 13.2. The van der Waals surface area contributed by atoms with Gasteiger partial charge in [-0.15, -0.1) is 0 Å². The fourth-order valence-corrected chi connectivity index (χ4v) is 3.97. The Morgan fingerprint density at radius 2 is 1.93 bits per heavy atom. The minimum absolute atomic E-state index is 0.0110. The van der Waals surface area contributed by atoms with Gasteiger partial charge in [0, 0.05) is 33.1 Å². The molecular formula is C19H22N4O5. The summed E-state index contributed by atoms with van der Waals surface area (Å²) < 4.78 is 5.79. The minimum Gasteiger partial charge on any atom is -0.374 e. The Labute approximate surface area is 162 Å². The molecular weight excluding hydrogens is 364 g/mol. The zero-order valence-electron chi connectivity index (χ0n) is 15.6. The van der Waals surface area contributed by atoms with Gasteiger partial charge in [-0.25, -0.2) is 4.79 Å². The second-order valence-corrected chi connectivity index (χ2v) is 7.21. The molecule has 1 aromatic rings. The molecule has 0 bridgehead atoms. The lowest BCUT2D eigenvalue weighted by Gasteiger charge is -2.29. The average molecular weight is 386 g/mol. The summed E-state index contributed by atoms with van der Waals surface area (Å²) in [5.41, 5.74) is 0.854. The van der Waals surface area contributed by atoms with Crippen LogP contribution < -0.4 is 10.2 Å². The van der Waals surface area contributed by atoms with Crippen molar-refractivity contribution in [1.82, 2.24) is 15.1 Å². The minimum atomic E-state index is -0.531. The zero-order valence-corrected chi connectivity index (χ0v) is 15.6. The first-order chi connectivity index (χ1) is 13.5. The summed E-state index contributed by atoms with van der Waals surface area (Å²) in [6, 6.07) is 6.15. The molecule has 4 rings (SSSR count). The predicted octanol–water partition coefficient (Wildman–Crippen LogP) is 0.205. The molecule has 3 aliphatic heterocycles. The van der Waals surface area contributed by atoms with E-state index in [1.54, 1.807) is 41.1 Å². The van der Waals surface area contributed by atoms with Crippen LogP contribution in [0.4, 0.5) is 10.5 Å². The van der Waals surface area contributed by atoms with Gasteiger partial charge in [-0.3, -0.25) is 24.6 Å². The fourth-order valence-electron chi connectivity index (χ4n) is 3.97. The largest absolute Gasteiger partial charge is 0.374 e.